The van der Waals surface area contributed by atoms with Crippen molar-refractivity contribution >= 4 is 32.3 Å². The summed E-state index contributed by atoms with van der Waals surface area (Å²) in [7, 11) is 3.67. The van der Waals surface area contributed by atoms with Crippen molar-refractivity contribution in [3.05, 3.63) is 63.3 Å². The van der Waals surface area contributed by atoms with E-state index >= 15 is 0 Å². The molecule has 28 heavy (non-hydrogen) atoms. The smallest absolute Gasteiger partial charge is 0.266 e. The Hall–Kier alpha value is -2.63. The first-order valence-corrected chi connectivity index (χ1v) is 10.3. The number of thiophene rings is 1. The molecule has 4 aromatic rings. The normalized spacial score (nSPS) is 12.6. The van der Waals surface area contributed by atoms with Gasteiger partial charge in [0.15, 0.2) is 0 Å². The third kappa shape index (κ3) is 3.01. The molecule has 2 aromatic heterocycles. The van der Waals surface area contributed by atoms with E-state index in [-0.39, 0.29) is 5.56 Å². The number of methoxy groups -OCH3 is 1. The number of aryl methyl sites for hydroxylation is 1. The summed E-state index contributed by atoms with van der Waals surface area (Å²) in [5, 5.41) is 7.23. The molecule has 0 bridgehead atoms. The van der Waals surface area contributed by atoms with Crippen LogP contribution in [0.5, 0.6) is 5.75 Å². The molecule has 0 aliphatic carbocycles. The number of benzene rings is 2. The van der Waals surface area contributed by atoms with Crippen LogP contribution in [0.3, 0.4) is 0 Å². The maximum absolute atomic E-state index is 12.5. The molecule has 0 aliphatic rings. The van der Waals surface area contributed by atoms with Crippen molar-refractivity contribution in [2.75, 3.05) is 20.7 Å². The Morgan fingerprint density at radius 1 is 1.21 bits per heavy atom. The van der Waals surface area contributed by atoms with Crippen molar-refractivity contribution < 1.29 is 4.74 Å². The van der Waals surface area contributed by atoms with Crippen molar-refractivity contribution in [1.29, 1.82) is 0 Å². The third-order valence-electron chi connectivity index (χ3n) is 5.37. The molecule has 0 fully saturated rings. The lowest BCUT2D eigenvalue weighted by molar-refractivity contribution is 0.416. The zero-order valence-corrected chi connectivity index (χ0v) is 17.4. The molecule has 0 spiro atoms. The van der Waals surface area contributed by atoms with Gasteiger partial charge in [0.2, 0.25) is 0 Å². The number of aromatic amines is 1. The third-order valence-corrected chi connectivity index (χ3v) is 6.28. The molecule has 5 heteroatoms. The standard InChI is InChI=1S/C23H24N2O2S/c1-13-11-18(27-4)19(16-7-5-15(6-8-16)14(2)12-24-3)20-17-9-10-28-22(17)23(26)25-21(13)20/h5-11,14,24H,12H2,1-4H3,(H,25,26)/t14-/m0/s1. The highest BCUT2D eigenvalue weighted by Gasteiger charge is 2.18. The lowest BCUT2D eigenvalue weighted by Gasteiger charge is -2.17. The molecule has 2 N–H and O–H groups in total. The fourth-order valence-corrected chi connectivity index (χ4v) is 4.71. The van der Waals surface area contributed by atoms with Crippen LogP contribution in [-0.4, -0.2) is 25.7 Å². The van der Waals surface area contributed by atoms with E-state index < -0.39 is 0 Å². The summed E-state index contributed by atoms with van der Waals surface area (Å²) in [6, 6.07) is 12.7. The van der Waals surface area contributed by atoms with Crippen molar-refractivity contribution in [2.45, 2.75) is 19.8 Å². The molecule has 0 amide bonds. The number of hydrogen-bond acceptors (Lipinski definition) is 4. The van der Waals surface area contributed by atoms with Gasteiger partial charge in [-0.25, -0.2) is 0 Å². The Morgan fingerprint density at radius 2 is 1.96 bits per heavy atom. The van der Waals surface area contributed by atoms with E-state index in [1.807, 2.05) is 31.5 Å². The SMILES string of the molecule is CNC[C@H](C)c1ccc(-c2c(OC)cc(C)c3[nH]c(=O)c4sccc4c23)cc1. The minimum Gasteiger partial charge on any atom is -0.496 e. The van der Waals surface area contributed by atoms with Gasteiger partial charge in [-0.1, -0.05) is 31.2 Å². The highest BCUT2D eigenvalue weighted by Crippen LogP contribution is 2.41. The zero-order valence-electron chi connectivity index (χ0n) is 16.6. The van der Waals surface area contributed by atoms with Crippen LogP contribution in [0.15, 0.2) is 46.6 Å². The average molecular weight is 393 g/mol. The van der Waals surface area contributed by atoms with E-state index in [0.29, 0.717) is 5.92 Å². The second-order valence-electron chi connectivity index (χ2n) is 7.22. The topological polar surface area (TPSA) is 54.1 Å². The first-order valence-electron chi connectivity index (χ1n) is 9.40. The predicted octanol–water partition coefficient (Wildman–Crippen LogP) is 5.05. The summed E-state index contributed by atoms with van der Waals surface area (Å²) in [5.41, 5.74) is 5.24. The van der Waals surface area contributed by atoms with Crippen molar-refractivity contribution in [3.63, 3.8) is 0 Å². The largest absolute Gasteiger partial charge is 0.496 e. The maximum atomic E-state index is 12.5. The molecule has 4 nitrogen and oxygen atoms in total. The molecule has 144 valence electrons. The molecular weight excluding hydrogens is 368 g/mol. The molecule has 0 unspecified atom stereocenters. The Balaban J connectivity index is 2.02. The summed E-state index contributed by atoms with van der Waals surface area (Å²) in [4.78, 5) is 15.6. The van der Waals surface area contributed by atoms with Crippen LogP contribution in [0.2, 0.25) is 0 Å². The van der Waals surface area contributed by atoms with Gasteiger partial charge in [0.25, 0.3) is 5.56 Å². The number of hydrogen-bond donors (Lipinski definition) is 2. The highest BCUT2D eigenvalue weighted by molar-refractivity contribution is 7.17. The molecule has 2 aromatic carbocycles. The predicted molar refractivity (Wildman–Crippen MR) is 119 cm³/mol. The first kappa shape index (κ1) is 18.7. The number of ether oxygens (including phenoxy) is 1. The molecule has 0 saturated heterocycles. The van der Waals surface area contributed by atoms with Gasteiger partial charge >= 0.3 is 0 Å². The number of H-pyrrole nitrogens is 1. The van der Waals surface area contributed by atoms with Gasteiger partial charge in [-0.2, -0.15) is 0 Å². The van der Waals surface area contributed by atoms with E-state index in [9.17, 15) is 4.79 Å². The summed E-state index contributed by atoms with van der Waals surface area (Å²) in [6.45, 7) is 5.16. The summed E-state index contributed by atoms with van der Waals surface area (Å²) < 4.78 is 6.51. The van der Waals surface area contributed by atoms with Crippen molar-refractivity contribution in [2.24, 2.45) is 0 Å². The lowest BCUT2D eigenvalue weighted by Crippen LogP contribution is -2.14. The van der Waals surface area contributed by atoms with Crippen LogP contribution in [0.1, 0.15) is 24.0 Å². The molecular formula is C23H24N2O2S. The van der Waals surface area contributed by atoms with Crippen LogP contribution >= 0.6 is 11.3 Å². The van der Waals surface area contributed by atoms with Gasteiger partial charge in [0.05, 0.1) is 12.6 Å². The number of nitrogens with one attached hydrogen (secondary N) is 2. The van der Waals surface area contributed by atoms with E-state index in [4.69, 9.17) is 4.74 Å². The molecule has 0 radical (unpaired) electrons. The average Bonchev–Trinajstić information content (AvgIpc) is 3.19. The van der Waals surface area contributed by atoms with Gasteiger partial charge in [-0.05, 0) is 54.1 Å². The quantitative estimate of drug-likeness (QED) is 0.500. The molecule has 0 saturated carbocycles. The Kier molecular flexibility index (Phi) is 4.96. The number of likely N-dealkylation sites (N-methyl/N-ethyl adjacent to an activating group) is 1. The van der Waals surface area contributed by atoms with Crippen LogP contribution in [0.25, 0.3) is 32.1 Å². The molecule has 0 aliphatic heterocycles. The van der Waals surface area contributed by atoms with Gasteiger partial charge in [0.1, 0.15) is 10.4 Å². The Morgan fingerprint density at radius 3 is 2.64 bits per heavy atom. The molecule has 2 heterocycles. The number of pyridine rings is 1. The summed E-state index contributed by atoms with van der Waals surface area (Å²) in [6.07, 6.45) is 0. The number of aromatic nitrogens is 1. The minimum atomic E-state index is -0.0343. The van der Waals surface area contributed by atoms with E-state index in [1.165, 1.54) is 16.9 Å². The van der Waals surface area contributed by atoms with E-state index in [1.54, 1.807) is 7.11 Å². The second-order valence-corrected chi connectivity index (χ2v) is 8.14. The summed E-state index contributed by atoms with van der Waals surface area (Å²) in [5.74, 6) is 1.26. The monoisotopic (exact) mass is 392 g/mol. The van der Waals surface area contributed by atoms with Crippen LogP contribution in [-0.2, 0) is 0 Å². The minimum absolute atomic E-state index is 0.0343. The second kappa shape index (κ2) is 7.41. The van der Waals surface area contributed by atoms with Crippen molar-refractivity contribution in [3.8, 4) is 16.9 Å². The van der Waals surface area contributed by atoms with Gasteiger partial charge in [-0.15, -0.1) is 11.3 Å². The number of fused-ring (bicyclic) bond motifs is 3. The van der Waals surface area contributed by atoms with Crippen LogP contribution < -0.4 is 15.6 Å². The molecule has 1 atom stereocenters. The fourth-order valence-electron chi connectivity index (χ4n) is 3.92. The van der Waals surface area contributed by atoms with E-state index in [2.05, 4.69) is 41.5 Å². The van der Waals surface area contributed by atoms with Crippen LogP contribution in [0, 0.1) is 6.92 Å². The maximum Gasteiger partial charge on any atom is 0.266 e. The lowest BCUT2D eigenvalue weighted by atomic mass is 9.93. The van der Waals surface area contributed by atoms with Gasteiger partial charge in [0, 0.05) is 22.9 Å². The van der Waals surface area contributed by atoms with Crippen molar-refractivity contribution in [1.82, 2.24) is 10.3 Å². The molecule has 4 rings (SSSR count). The van der Waals surface area contributed by atoms with Gasteiger partial charge < -0.3 is 15.0 Å². The Labute approximate surface area is 168 Å². The summed E-state index contributed by atoms with van der Waals surface area (Å²) >= 11 is 1.47. The Bertz CT molecular complexity index is 1210. The van der Waals surface area contributed by atoms with Crippen LogP contribution in [0.4, 0.5) is 0 Å². The first-order chi connectivity index (χ1) is 13.5. The van der Waals surface area contributed by atoms with E-state index in [0.717, 1.165) is 50.0 Å². The number of rotatable bonds is 5. The zero-order chi connectivity index (χ0) is 19.8. The fraction of sp³-hybridized carbons (Fsp3) is 0.261. The highest BCUT2D eigenvalue weighted by atomic mass is 32.1. The van der Waals surface area contributed by atoms with Gasteiger partial charge in [-0.3, -0.25) is 4.79 Å².